The number of aliphatic hydroxyl groups excluding tert-OH is 2. The molecule has 12 heavy (non-hydrogen) atoms. The molecule has 0 aromatic rings. The van der Waals surface area contributed by atoms with Crippen molar-refractivity contribution in [2.75, 3.05) is 19.8 Å². The van der Waals surface area contributed by atoms with Crippen molar-refractivity contribution in [2.45, 2.75) is 20.3 Å². The molecule has 0 saturated carbocycles. The molecule has 4 nitrogen and oxygen atoms in total. The predicted octanol–water partition coefficient (Wildman–Crippen LogP) is -0.0695. The second-order valence-electron chi connectivity index (χ2n) is 2.67. The number of esters is 1. The fourth-order valence-electron chi connectivity index (χ4n) is 0.831. The summed E-state index contributed by atoms with van der Waals surface area (Å²) in [6, 6.07) is 0. The molecule has 0 amide bonds. The topological polar surface area (TPSA) is 66.8 Å². The molecule has 0 bridgehead atoms. The first-order valence-corrected chi connectivity index (χ1v) is 4.05. The normalized spacial score (nSPS) is 11.3. The van der Waals surface area contributed by atoms with E-state index in [4.69, 9.17) is 14.9 Å². The molecule has 0 saturated heterocycles. The molecule has 0 aromatic heterocycles. The van der Waals surface area contributed by atoms with Gasteiger partial charge in [0.1, 0.15) is 5.41 Å². The molecule has 0 heterocycles. The van der Waals surface area contributed by atoms with E-state index in [9.17, 15) is 4.79 Å². The summed E-state index contributed by atoms with van der Waals surface area (Å²) in [7, 11) is 0. The quantitative estimate of drug-likeness (QED) is 0.575. The largest absolute Gasteiger partial charge is 0.465 e. The van der Waals surface area contributed by atoms with Gasteiger partial charge in [0, 0.05) is 0 Å². The number of carbonyl (C=O) groups is 1. The van der Waals surface area contributed by atoms with Crippen LogP contribution in [0.2, 0.25) is 0 Å². The molecule has 0 aliphatic carbocycles. The molecular weight excluding hydrogens is 160 g/mol. The van der Waals surface area contributed by atoms with Crippen LogP contribution in [0, 0.1) is 5.41 Å². The maximum absolute atomic E-state index is 11.2. The van der Waals surface area contributed by atoms with Crippen molar-refractivity contribution in [3.05, 3.63) is 0 Å². The van der Waals surface area contributed by atoms with Crippen LogP contribution >= 0.6 is 0 Å². The van der Waals surface area contributed by atoms with Crippen molar-refractivity contribution < 1.29 is 19.7 Å². The molecule has 0 aromatic carbocycles. The summed E-state index contributed by atoms with van der Waals surface area (Å²) in [6.45, 7) is 2.93. The number of ether oxygens (including phenoxy) is 1. The van der Waals surface area contributed by atoms with Gasteiger partial charge in [0.25, 0.3) is 0 Å². The van der Waals surface area contributed by atoms with Crippen LogP contribution in [-0.4, -0.2) is 36.0 Å². The highest BCUT2D eigenvalue weighted by atomic mass is 16.5. The van der Waals surface area contributed by atoms with Gasteiger partial charge in [0.05, 0.1) is 19.8 Å². The Balaban J connectivity index is 4.36. The van der Waals surface area contributed by atoms with Crippen LogP contribution in [0.15, 0.2) is 0 Å². The Bertz CT molecular complexity index is 132. The zero-order valence-electron chi connectivity index (χ0n) is 7.54. The Hall–Kier alpha value is -0.610. The first kappa shape index (κ1) is 11.4. The van der Waals surface area contributed by atoms with Crippen molar-refractivity contribution in [3.8, 4) is 0 Å². The van der Waals surface area contributed by atoms with Crippen molar-refractivity contribution in [1.82, 2.24) is 0 Å². The van der Waals surface area contributed by atoms with E-state index >= 15 is 0 Å². The van der Waals surface area contributed by atoms with Gasteiger partial charge in [-0.25, -0.2) is 0 Å². The monoisotopic (exact) mass is 176 g/mol. The first-order valence-electron chi connectivity index (χ1n) is 4.05. The zero-order chi connectivity index (χ0) is 9.61. The zero-order valence-corrected chi connectivity index (χ0v) is 7.54. The van der Waals surface area contributed by atoms with Crippen LogP contribution in [0.3, 0.4) is 0 Å². The summed E-state index contributed by atoms with van der Waals surface area (Å²) in [5.74, 6) is -0.530. The maximum atomic E-state index is 11.2. The van der Waals surface area contributed by atoms with Gasteiger partial charge in [-0.2, -0.15) is 0 Å². The summed E-state index contributed by atoms with van der Waals surface area (Å²) in [4.78, 5) is 11.2. The fraction of sp³-hybridized carbons (Fsp3) is 0.875. The number of hydrogen-bond donors (Lipinski definition) is 2. The third kappa shape index (κ3) is 2.19. The highest BCUT2D eigenvalue weighted by Crippen LogP contribution is 2.22. The molecule has 0 atom stereocenters. The second-order valence-corrected chi connectivity index (χ2v) is 2.67. The van der Waals surface area contributed by atoms with Crippen LogP contribution in [0.5, 0.6) is 0 Å². The number of rotatable bonds is 5. The van der Waals surface area contributed by atoms with Crippen LogP contribution in [0.1, 0.15) is 20.3 Å². The number of aliphatic hydroxyl groups is 2. The van der Waals surface area contributed by atoms with Crippen LogP contribution in [0.4, 0.5) is 0 Å². The Morgan fingerprint density at radius 2 is 1.83 bits per heavy atom. The number of carbonyl (C=O) groups excluding carboxylic acids is 1. The van der Waals surface area contributed by atoms with Gasteiger partial charge in [0.15, 0.2) is 0 Å². The molecule has 0 unspecified atom stereocenters. The van der Waals surface area contributed by atoms with Gasteiger partial charge in [-0.15, -0.1) is 0 Å². The molecular formula is C8H16O4. The SMILES string of the molecule is CCOC(=O)C(CC)(CO)CO. The van der Waals surface area contributed by atoms with Gasteiger partial charge < -0.3 is 14.9 Å². The van der Waals surface area contributed by atoms with Crippen LogP contribution < -0.4 is 0 Å². The van der Waals surface area contributed by atoms with E-state index in [-0.39, 0.29) is 19.8 Å². The lowest BCUT2D eigenvalue weighted by molar-refractivity contribution is -0.161. The summed E-state index contributed by atoms with van der Waals surface area (Å²) in [6.07, 6.45) is 0.374. The van der Waals surface area contributed by atoms with E-state index in [0.717, 1.165) is 0 Å². The van der Waals surface area contributed by atoms with E-state index in [1.807, 2.05) is 0 Å². The highest BCUT2D eigenvalue weighted by molar-refractivity contribution is 5.77. The van der Waals surface area contributed by atoms with E-state index in [2.05, 4.69) is 0 Å². The van der Waals surface area contributed by atoms with Gasteiger partial charge in [-0.1, -0.05) is 6.92 Å². The second kappa shape index (κ2) is 5.11. The minimum atomic E-state index is -1.12. The molecule has 0 spiro atoms. The van der Waals surface area contributed by atoms with Gasteiger partial charge in [-0.3, -0.25) is 4.79 Å². The molecule has 0 aliphatic rings. The molecule has 2 N–H and O–H groups in total. The molecule has 0 rings (SSSR count). The molecule has 0 radical (unpaired) electrons. The van der Waals surface area contributed by atoms with Crippen LogP contribution in [0.25, 0.3) is 0 Å². The summed E-state index contributed by atoms with van der Waals surface area (Å²) < 4.78 is 4.72. The third-order valence-electron chi connectivity index (χ3n) is 1.99. The first-order chi connectivity index (χ1) is 5.66. The Kier molecular flexibility index (Phi) is 4.85. The number of hydrogen-bond acceptors (Lipinski definition) is 4. The maximum Gasteiger partial charge on any atom is 0.316 e. The summed E-state index contributed by atoms with van der Waals surface area (Å²) in [5, 5.41) is 17.8. The van der Waals surface area contributed by atoms with Gasteiger partial charge >= 0.3 is 5.97 Å². The van der Waals surface area contributed by atoms with E-state index in [1.54, 1.807) is 13.8 Å². The lowest BCUT2D eigenvalue weighted by Gasteiger charge is -2.25. The highest BCUT2D eigenvalue weighted by Gasteiger charge is 2.36. The fourth-order valence-corrected chi connectivity index (χ4v) is 0.831. The molecule has 4 heteroatoms. The standard InChI is InChI=1S/C8H16O4/c1-3-8(5-9,6-10)7(11)12-4-2/h9-10H,3-6H2,1-2H3. The van der Waals surface area contributed by atoms with Crippen molar-refractivity contribution in [3.63, 3.8) is 0 Å². The Labute approximate surface area is 72.2 Å². The van der Waals surface area contributed by atoms with E-state index < -0.39 is 11.4 Å². The smallest absolute Gasteiger partial charge is 0.316 e. The third-order valence-corrected chi connectivity index (χ3v) is 1.99. The van der Waals surface area contributed by atoms with Gasteiger partial charge in [0.2, 0.25) is 0 Å². The Morgan fingerprint density at radius 3 is 2.08 bits per heavy atom. The van der Waals surface area contributed by atoms with E-state index in [1.165, 1.54) is 0 Å². The lowest BCUT2D eigenvalue weighted by atomic mass is 9.87. The van der Waals surface area contributed by atoms with E-state index in [0.29, 0.717) is 6.42 Å². The molecule has 72 valence electrons. The summed E-state index contributed by atoms with van der Waals surface area (Å²) >= 11 is 0. The Morgan fingerprint density at radius 1 is 1.33 bits per heavy atom. The lowest BCUT2D eigenvalue weighted by Crippen LogP contribution is -2.39. The van der Waals surface area contributed by atoms with Crippen molar-refractivity contribution in [2.24, 2.45) is 5.41 Å². The minimum absolute atomic E-state index is 0.264. The molecule has 0 fully saturated rings. The predicted molar refractivity (Wildman–Crippen MR) is 43.5 cm³/mol. The average Bonchev–Trinajstić information content (AvgIpc) is 2.09. The minimum Gasteiger partial charge on any atom is -0.465 e. The van der Waals surface area contributed by atoms with Crippen molar-refractivity contribution >= 4 is 5.97 Å². The summed E-state index contributed by atoms with van der Waals surface area (Å²) in [5.41, 5.74) is -1.12. The molecule has 0 aliphatic heterocycles. The van der Waals surface area contributed by atoms with Crippen molar-refractivity contribution in [1.29, 1.82) is 0 Å². The van der Waals surface area contributed by atoms with Gasteiger partial charge in [-0.05, 0) is 13.3 Å². The van der Waals surface area contributed by atoms with Crippen LogP contribution in [-0.2, 0) is 9.53 Å². The average molecular weight is 176 g/mol.